The maximum atomic E-state index is 11.9. The maximum Gasteiger partial charge on any atom is 0.305 e. The average Bonchev–Trinajstić information content (AvgIpc) is 2.25. The number of aliphatic carboxylic acids is 1. The summed E-state index contributed by atoms with van der Waals surface area (Å²) < 4.78 is 0. The lowest BCUT2D eigenvalue weighted by Crippen LogP contribution is -2.55. The third kappa shape index (κ3) is 2.42. The highest BCUT2D eigenvalue weighted by Crippen LogP contribution is 2.35. The number of aromatic nitrogens is 1. The lowest BCUT2D eigenvalue weighted by Gasteiger charge is -2.41. The summed E-state index contributed by atoms with van der Waals surface area (Å²) in [5.41, 5.74) is -1.15. The molecular weight excluding hydrogens is 236 g/mol. The minimum Gasteiger partial charge on any atom is -0.481 e. The van der Waals surface area contributed by atoms with Crippen LogP contribution in [0.3, 0.4) is 0 Å². The molecule has 6 nitrogen and oxygen atoms in total. The number of carboxylic acid groups (broad SMARTS) is 1. The van der Waals surface area contributed by atoms with Crippen LogP contribution < -0.4 is 10.9 Å². The molecule has 0 bridgehead atoms. The van der Waals surface area contributed by atoms with Crippen LogP contribution in [0.4, 0.5) is 0 Å². The second kappa shape index (κ2) is 4.64. The summed E-state index contributed by atoms with van der Waals surface area (Å²) in [5.74, 6) is -1.46. The molecular formula is C12H14N2O4. The third-order valence-corrected chi connectivity index (χ3v) is 3.24. The van der Waals surface area contributed by atoms with Crippen LogP contribution in [0, 0.1) is 0 Å². The molecule has 1 aromatic heterocycles. The molecule has 96 valence electrons. The summed E-state index contributed by atoms with van der Waals surface area (Å²) in [5, 5.41) is 11.5. The van der Waals surface area contributed by atoms with Crippen molar-refractivity contribution in [1.82, 2.24) is 10.3 Å². The summed E-state index contributed by atoms with van der Waals surface area (Å²) in [7, 11) is 0. The first kappa shape index (κ1) is 12.3. The van der Waals surface area contributed by atoms with Gasteiger partial charge < -0.3 is 15.4 Å². The average molecular weight is 250 g/mol. The summed E-state index contributed by atoms with van der Waals surface area (Å²) in [6.45, 7) is 0. The fraction of sp³-hybridized carbons (Fsp3) is 0.417. The molecule has 18 heavy (non-hydrogen) atoms. The van der Waals surface area contributed by atoms with Crippen molar-refractivity contribution in [1.29, 1.82) is 0 Å². The lowest BCUT2D eigenvalue weighted by atomic mass is 9.74. The minimum absolute atomic E-state index is 0.00848. The SMILES string of the molecule is O=C(O)CC1(NC(=O)c2ccc[nH]c2=O)CCC1. The van der Waals surface area contributed by atoms with Crippen LogP contribution in [-0.4, -0.2) is 27.5 Å². The van der Waals surface area contributed by atoms with Crippen LogP contribution in [0.2, 0.25) is 0 Å². The van der Waals surface area contributed by atoms with E-state index in [9.17, 15) is 14.4 Å². The molecule has 1 aliphatic carbocycles. The first-order valence-corrected chi connectivity index (χ1v) is 5.74. The molecule has 3 N–H and O–H groups in total. The van der Waals surface area contributed by atoms with Crippen LogP contribution in [0.25, 0.3) is 0 Å². The molecule has 1 amide bonds. The first-order chi connectivity index (χ1) is 8.52. The number of aromatic amines is 1. The van der Waals surface area contributed by atoms with Gasteiger partial charge in [-0.15, -0.1) is 0 Å². The fourth-order valence-electron chi connectivity index (χ4n) is 2.15. The van der Waals surface area contributed by atoms with Crippen LogP contribution in [0.5, 0.6) is 0 Å². The molecule has 0 unspecified atom stereocenters. The molecule has 1 saturated carbocycles. The number of carbonyl (C=O) groups is 2. The molecule has 1 aromatic rings. The van der Waals surface area contributed by atoms with Gasteiger partial charge in [-0.2, -0.15) is 0 Å². The van der Waals surface area contributed by atoms with Crippen LogP contribution in [0.15, 0.2) is 23.1 Å². The number of carboxylic acids is 1. The van der Waals surface area contributed by atoms with E-state index in [0.29, 0.717) is 12.8 Å². The van der Waals surface area contributed by atoms with E-state index in [1.807, 2.05) is 0 Å². The predicted molar refractivity (Wildman–Crippen MR) is 63.4 cm³/mol. The van der Waals surface area contributed by atoms with Gasteiger partial charge in [0.05, 0.1) is 12.0 Å². The Hall–Kier alpha value is -2.11. The molecule has 0 aromatic carbocycles. The van der Waals surface area contributed by atoms with Crippen molar-refractivity contribution in [2.24, 2.45) is 0 Å². The van der Waals surface area contributed by atoms with E-state index in [1.54, 1.807) is 6.07 Å². The Morgan fingerprint density at radius 3 is 2.67 bits per heavy atom. The van der Waals surface area contributed by atoms with Gasteiger partial charge in [-0.25, -0.2) is 0 Å². The standard InChI is InChI=1S/C12H14N2O4/c15-9(16)7-12(4-2-5-12)14-11(18)8-3-1-6-13-10(8)17/h1,3,6H,2,4-5,7H2,(H,13,17)(H,14,18)(H,15,16). The number of pyridine rings is 1. The van der Waals surface area contributed by atoms with E-state index < -0.39 is 23.0 Å². The lowest BCUT2D eigenvalue weighted by molar-refractivity contribution is -0.139. The third-order valence-electron chi connectivity index (χ3n) is 3.24. The van der Waals surface area contributed by atoms with Crippen LogP contribution in [-0.2, 0) is 4.79 Å². The first-order valence-electron chi connectivity index (χ1n) is 5.74. The van der Waals surface area contributed by atoms with Crippen molar-refractivity contribution in [3.05, 3.63) is 34.2 Å². The normalized spacial score (nSPS) is 16.7. The Morgan fingerprint density at radius 2 is 2.17 bits per heavy atom. The van der Waals surface area contributed by atoms with Gasteiger partial charge in [-0.1, -0.05) is 0 Å². The van der Waals surface area contributed by atoms with Crippen molar-refractivity contribution in [2.45, 2.75) is 31.2 Å². The summed E-state index contributed by atoms with van der Waals surface area (Å²) in [4.78, 5) is 36.6. The highest BCUT2D eigenvalue weighted by molar-refractivity contribution is 5.94. The molecule has 0 atom stereocenters. The van der Waals surface area contributed by atoms with Crippen molar-refractivity contribution in [3.63, 3.8) is 0 Å². The van der Waals surface area contributed by atoms with E-state index in [2.05, 4.69) is 10.3 Å². The molecule has 1 aliphatic rings. The number of amides is 1. The van der Waals surface area contributed by atoms with Crippen LogP contribution >= 0.6 is 0 Å². The highest BCUT2D eigenvalue weighted by atomic mass is 16.4. The molecule has 6 heteroatoms. The molecule has 0 saturated heterocycles. The zero-order valence-electron chi connectivity index (χ0n) is 9.73. The zero-order valence-corrected chi connectivity index (χ0v) is 9.73. The van der Waals surface area contributed by atoms with Gasteiger partial charge in [-0.3, -0.25) is 14.4 Å². The molecule has 0 radical (unpaired) electrons. The van der Waals surface area contributed by atoms with E-state index >= 15 is 0 Å². The van der Waals surface area contributed by atoms with Crippen molar-refractivity contribution in [3.8, 4) is 0 Å². The van der Waals surface area contributed by atoms with Crippen molar-refractivity contribution < 1.29 is 14.7 Å². The van der Waals surface area contributed by atoms with E-state index in [0.717, 1.165) is 6.42 Å². The van der Waals surface area contributed by atoms with E-state index in [4.69, 9.17) is 5.11 Å². The van der Waals surface area contributed by atoms with Gasteiger partial charge >= 0.3 is 5.97 Å². The Morgan fingerprint density at radius 1 is 1.44 bits per heavy atom. The Labute approximate surface area is 103 Å². The summed E-state index contributed by atoms with van der Waals surface area (Å²) in [6.07, 6.45) is 3.49. The summed E-state index contributed by atoms with van der Waals surface area (Å²) in [6, 6.07) is 2.97. The quantitative estimate of drug-likeness (QED) is 0.724. The zero-order chi connectivity index (χ0) is 13.2. The summed E-state index contributed by atoms with van der Waals surface area (Å²) >= 11 is 0. The highest BCUT2D eigenvalue weighted by Gasteiger charge is 2.40. The minimum atomic E-state index is -0.947. The molecule has 2 rings (SSSR count). The number of H-pyrrole nitrogens is 1. The van der Waals surface area contributed by atoms with Crippen molar-refractivity contribution >= 4 is 11.9 Å². The molecule has 1 heterocycles. The second-order valence-corrected chi connectivity index (χ2v) is 4.57. The largest absolute Gasteiger partial charge is 0.481 e. The number of hydrogen-bond acceptors (Lipinski definition) is 3. The van der Waals surface area contributed by atoms with Gasteiger partial charge in [0, 0.05) is 6.20 Å². The number of hydrogen-bond donors (Lipinski definition) is 3. The monoisotopic (exact) mass is 250 g/mol. The Bertz CT molecular complexity index is 531. The molecule has 0 spiro atoms. The molecule has 0 aliphatic heterocycles. The fourth-order valence-corrected chi connectivity index (χ4v) is 2.15. The van der Waals surface area contributed by atoms with Gasteiger partial charge in [0.1, 0.15) is 5.56 Å². The van der Waals surface area contributed by atoms with Gasteiger partial charge in [0.2, 0.25) is 0 Å². The second-order valence-electron chi connectivity index (χ2n) is 4.57. The van der Waals surface area contributed by atoms with Crippen molar-refractivity contribution in [2.75, 3.05) is 0 Å². The van der Waals surface area contributed by atoms with Gasteiger partial charge in [0.15, 0.2) is 0 Å². The topological polar surface area (TPSA) is 99.3 Å². The van der Waals surface area contributed by atoms with E-state index in [-0.39, 0.29) is 12.0 Å². The molecule has 1 fully saturated rings. The smallest absolute Gasteiger partial charge is 0.305 e. The Balaban J connectivity index is 2.14. The number of carbonyl (C=O) groups excluding carboxylic acids is 1. The Kier molecular flexibility index (Phi) is 3.18. The number of rotatable bonds is 4. The van der Waals surface area contributed by atoms with Gasteiger partial charge in [-0.05, 0) is 31.4 Å². The van der Waals surface area contributed by atoms with Crippen LogP contribution in [0.1, 0.15) is 36.0 Å². The van der Waals surface area contributed by atoms with E-state index in [1.165, 1.54) is 12.3 Å². The maximum absolute atomic E-state index is 11.9. The predicted octanol–water partition coefficient (Wildman–Crippen LogP) is 0.502. The van der Waals surface area contributed by atoms with Gasteiger partial charge in [0.25, 0.3) is 11.5 Å². The number of nitrogens with one attached hydrogen (secondary N) is 2.